The van der Waals surface area contributed by atoms with Crippen molar-refractivity contribution in [3.05, 3.63) is 0 Å². The SMILES string of the molecule is CNC(Br)C(=O)N(C)OC. The van der Waals surface area contributed by atoms with Crippen molar-refractivity contribution in [2.45, 2.75) is 4.95 Å². The molecule has 1 amide bonds. The molecule has 0 heterocycles. The summed E-state index contributed by atoms with van der Waals surface area (Å²) in [6, 6.07) is 0. The minimum absolute atomic E-state index is 0.162. The molecule has 5 heteroatoms. The van der Waals surface area contributed by atoms with Crippen molar-refractivity contribution in [3.8, 4) is 0 Å². The standard InChI is InChI=1S/C5H11BrN2O2/c1-7-4(6)5(9)8(2)10-3/h4,7H,1-3H3. The zero-order valence-corrected chi connectivity index (χ0v) is 7.81. The predicted octanol–water partition coefficient (Wildman–Crippen LogP) is -0.0534. The van der Waals surface area contributed by atoms with Gasteiger partial charge in [-0.25, -0.2) is 5.06 Å². The fraction of sp³-hybridized carbons (Fsp3) is 0.800. The zero-order valence-electron chi connectivity index (χ0n) is 6.22. The quantitative estimate of drug-likeness (QED) is 0.404. The average Bonchev–Trinajstić information content (AvgIpc) is 2.00. The van der Waals surface area contributed by atoms with Crippen molar-refractivity contribution in [3.63, 3.8) is 0 Å². The summed E-state index contributed by atoms with van der Waals surface area (Å²) >= 11 is 3.10. The Balaban J connectivity index is 3.82. The number of hydrogen-bond acceptors (Lipinski definition) is 3. The third kappa shape index (κ3) is 2.64. The van der Waals surface area contributed by atoms with Gasteiger partial charge in [0.1, 0.15) is 4.95 Å². The van der Waals surface area contributed by atoms with Crippen molar-refractivity contribution < 1.29 is 9.63 Å². The first-order valence-corrected chi connectivity index (χ1v) is 3.68. The average molecular weight is 211 g/mol. The predicted molar refractivity (Wildman–Crippen MR) is 41.6 cm³/mol. The van der Waals surface area contributed by atoms with Crippen LogP contribution < -0.4 is 5.32 Å². The van der Waals surface area contributed by atoms with Crippen LogP contribution >= 0.6 is 15.9 Å². The summed E-state index contributed by atoms with van der Waals surface area (Å²) in [6.45, 7) is 0. The molecular weight excluding hydrogens is 200 g/mol. The second-order valence-corrected chi connectivity index (χ2v) is 2.59. The van der Waals surface area contributed by atoms with Gasteiger partial charge in [-0.1, -0.05) is 15.9 Å². The van der Waals surface area contributed by atoms with E-state index in [1.54, 1.807) is 14.1 Å². The van der Waals surface area contributed by atoms with Gasteiger partial charge in [0.15, 0.2) is 0 Å². The highest BCUT2D eigenvalue weighted by Gasteiger charge is 2.16. The molecule has 1 N–H and O–H groups in total. The minimum atomic E-state index is -0.377. The Bertz CT molecular complexity index is 108. The van der Waals surface area contributed by atoms with Crippen LogP contribution in [0.15, 0.2) is 0 Å². The molecule has 0 saturated heterocycles. The second-order valence-electron chi connectivity index (χ2n) is 1.67. The van der Waals surface area contributed by atoms with Gasteiger partial charge in [-0.2, -0.15) is 0 Å². The molecule has 0 aromatic heterocycles. The molecule has 1 atom stereocenters. The molecule has 0 radical (unpaired) electrons. The number of amides is 1. The van der Waals surface area contributed by atoms with E-state index >= 15 is 0 Å². The maximum atomic E-state index is 11.0. The highest BCUT2D eigenvalue weighted by Crippen LogP contribution is 1.98. The number of hydrogen-bond donors (Lipinski definition) is 1. The topological polar surface area (TPSA) is 41.6 Å². The van der Waals surface area contributed by atoms with Gasteiger partial charge < -0.3 is 5.32 Å². The first kappa shape index (κ1) is 9.87. The largest absolute Gasteiger partial charge is 0.300 e. The lowest BCUT2D eigenvalue weighted by Crippen LogP contribution is -2.39. The summed E-state index contributed by atoms with van der Waals surface area (Å²) in [6.07, 6.45) is 0. The highest BCUT2D eigenvalue weighted by atomic mass is 79.9. The normalized spacial score (nSPS) is 12.8. The lowest BCUT2D eigenvalue weighted by molar-refractivity contribution is -0.168. The lowest BCUT2D eigenvalue weighted by atomic mass is 10.6. The molecule has 1 unspecified atom stereocenters. The fourth-order valence-corrected chi connectivity index (χ4v) is 0.661. The van der Waals surface area contributed by atoms with Crippen LogP contribution in [0.3, 0.4) is 0 Å². The van der Waals surface area contributed by atoms with E-state index in [4.69, 9.17) is 0 Å². The molecule has 0 saturated carbocycles. The van der Waals surface area contributed by atoms with Crippen molar-refractivity contribution >= 4 is 21.8 Å². The number of carbonyl (C=O) groups is 1. The Labute approximate surface area is 68.6 Å². The van der Waals surface area contributed by atoms with Crippen LogP contribution in [0, 0.1) is 0 Å². The van der Waals surface area contributed by atoms with E-state index in [-0.39, 0.29) is 10.9 Å². The van der Waals surface area contributed by atoms with E-state index in [1.165, 1.54) is 7.11 Å². The molecule has 10 heavy (non-hydrogen) atoms. The number of rotatable bonds is 3. The van der Waals surface area contributed by atoms with Gasteiger partial charge in [-0.15, -0.1) is 0 Å². The summed E-state index contributed by atoms with van der Waals surface area (Å²) in [5.41, 5.74) is 0. The summed E-state index contributed by atoms with van der Waals surface area (Å²) in [5.74, 6) is -0.162. The van der Waals surface area contributed by atoms with E-state index in [0.717, 1.165) is 5.06 Å². The van der Waals surface area contributed by atoms with Crippen molar-refractivity contribution in [2.24, 2.45) is 0 Å². The molecule has 0 fully saturated rings. The summed E-state index contributed by atoms with van der Waals surface area (Å²) in [7, 11) is 4.67. The van der Waals surface area contributed by atoms with E-state index in [2.05, 4.69) is 26.1 Å². The maximum Gasteiger partial charge on any atom is 0.273 e. The Morgan fingerprint density at radius 2 is 2.30 bits per heavy atom. The van der Waals surface area contributed by atoms with Gasteiger partial charge in [-0.3, -0.25) is 9.63 Å². The van der Waals surface area contributed by atoms with Crippen molar-refractivity contribution in [1.82, 2.24) is 10.4 Å². The molecule has 0 bridgehead atoms. The fourth-order valence-electron chi connectivity index (χ4n) is 0.373. The van der Waals surface area contributed by atoms with Gasteiger partial charge >= 0.3 is 0 Å². The lowest BCUT2D eigenvalue weighted by Gasteiger charge is -2.16. The third-order valence-electron chi connectivity index (χ3n) is 1.05. The van der Waals surface area contributed by atoms with Crippen LogP contribution in [0.25, 0.3) is 0 Å². The molecule has 60 valence electrons. The molecule has 0 aromatic carbocycles. The molecule has 0 rings (SSSR count). The Morgan fingerprint density at radius 1 is 1.80 bits per heavy atom. The molecule has 4 nitrogen and oxygen atoms in total. The maximum absolute atomic E-state index is 11.0. The number of alkyl halides is 1. The van der Waals surface area contributed by atoms with Crippen molar-refractivity contribution in [1.29, 1.82) is 0 Å². The van der Waals surface area contributed by atoms with Gasteiger partial charge in [0, 0.05) is 7.05 Å². The number of carbonyl (C=O) groups excluding carboxylic acids is 1. The van der Waals surface area contributed by atoms with Crippen LogP contribution in [0.2, 0.25) is 0 Å². The Morgan fingerprint density at radius 3 is 2.60 bits per heavy atom. The van der Waals surface area contributed by atoms with Crippen LogP contribution in [0.4, 0.5) is 0 Å². The van der Waals surface area contributed by atoms with Crippen LogP contribution in [0.5, 0.6) is 0 Å². The Kier molecular flexibility index (Phi) is 4.59. The van der Waals surface area contributed by atoms with Crippen LogP contribution in [-0.4, -0.2) is 37.1 Å². The van der Waals surface area contributed by atoms with E-state index in [9.17, 15) is 4.79 Å². The number of hydroxylamine groups is 2. The van der Waals surface area contributed by atoms with Gasteiger partial charge in [0.2, 0.25) is 0 Å². The summed E-state index contributed by atoms with van der Waals surface area (Å²) < 4.78 is 0. The molecule has 0 spiro atoms. The number of nitrogens with zero attached hydrogens (tertiary/aromatic N) is 1. The van der Waals surface area contributed by atoms with Gasteiger partial charge in [-0.05, 0) is 7.05 Å². The zero-order chi connectivity index (χ0) is 8.15. The highest BCUT2D eigenvalue weighted by molar-refractivity contribution is 9.09. The molecule has 0 aliphatic rings. The van der Waals surface area contributed by atoms with Crippen LogP contribution in [-0.2, 0) is 9.63 Å². The molecular formula is C5H11BrN2O2. The van der Waals surface area contributed by atoms with Gasteiger partial charge in [0.25, 0.3) is 5.91 Å². The van der Waals surface area contributed by atoms with Gasteiger partial charge in [0.05, 0.1) is 7.11 Å². The van der Waals surface area contributed by atoms with E-state index < -0.39 is 0 Å². The smallest absolute Gasteiger partial charge is 0.273 e. The van der Waals surface area contributed by atoms with E-state index in [1.807, 2.05) is 0 Å². The Hall–Kier alpha value is -0.130. The van der Waals surface area contributed by atoms with E-state index in [0.29, 0.717) is 0 Å². The first-order chi connectivity index (χ1) is 4.63. The summed E-state index contributed by atoms with van der Waals surface area (Å²) in [5, 5.41) is 3.87. The van der Waals surface area contributed by atoms with Crippen molar-refractivity contribution in [2.75, 3.05) is 21.2 Å². The minimum Gasteiger partial charge on any atom is -0.300 e. The van der Waals surface area contributed by atoms with Crippen LogP contribution in [0.1, 0.15) is 0 Å². The molecule has 0 aliphatic heterocycles. The first-order valence-electron chi connectivity index (χ1n) is 2.76. The summed E-state index contributed by atoms with van der Waals surface area (Å²) in [4.78, 5) is 15.3. The number of nitrogens with one attached hydrogen (secondary N) is 1. The number of likely N-dealkylation sites (N-methyl/N-ethyl adjacent to an activating group) is 2. The third-order valence-corrected chi connectivity index (χ3v) is 1.90. The monoisotopic (exact) mass is 210 g/mol. The second kappa shape index (κ2) is 4.65. The molecule has 0 aromatic rings. The number of halogens is 1. The molecule has 0 aliphatic carbocycles.